The first kappa shape index (κ1) is 20.4. The van der Waals surface area contributed by atoms with Crippen molar-refractivity contribution in [3.63, 3.8) is 0 Å². The summed E-state index contributed by atoms with van der Waals surface area (Å²) >= 11 is 0. The minimum absolute atomic E-state index is 0.245. The predicted octanol–water partition coefficient (Wildman–Crippen LogP) is 3.76. The number of para-hydroxylation sites is 1. The summed E-state index contributed by atoms with van der Waals surface area (Å²) in [4.78, 5) is 12.8. The molecule has 6 nitrogen and oxygen atoms in total. The molecule has 0 spiro atoms. The molecule has 1 unspecified atom stereocenters. The van der Waals surface area contributed by atoms with E-state index in [9.17, 15) is 13.2 Å². The smallest absolute Gasteiger partial charge is 0.259 e. The average Bonchev–Trinajstić information content (AvgIpc) is 2.69. The molecule has 150 valence electrons. The van der Waals surface area contributed by atoms with Crippen LogP contribution >= 0.6 is 0 Å². The van der Waals surface area contributed by atoms with Gasteiger partial charge in [-0.05, 0) is 62.1 Å². The van der Waals surface area contributed by atoms with Crippen molar-refractivity contribution in [1.82, 2.24) is 4.31 Å². The number of benzene rings is 2. The maximum Gasteiger partial charge on any atom is 0.259 e. The molecule has 1 fully saturated rings. The predicted molar refractivity (Wildman–Crippen MR) is 109 cm³/mol. The Balaban J connectivity index is 1.73. The molecule has 7 heteroatoms. The van der Waals surface area contributed by atoms with Gasteiger partial charge in [-0.3, -0.25) is 4.79 Å². The summed E-state index contributed by atoms with van der Waals surface area (Å²) in [6.45, 7) is 5.50. The molecule has 1 amide bonds. The van der Waals surface area contributed by atoms with Gasteiger partial charge < -0.3 is 10.1 Å². The maximum absolute atomic E-state index is 12.8. The van der Waals surface area contributed by atoms with Crippen LogP contribution in [0.15, 0.2) is 53.4 Å². The molecule has 0 radical (unpaired) electrons. The topological polar surface area (TPSA) is 75.7 Å². The van der Waals surface area contributed by atoms with Gasteiger partial charge >= 0.3 is 0 Å². The molecule has 0 saturated carbocycles. The van der Waals surface area contributed by atoms with Crippen LogP contribution in [0.4, 0.5) is 5.69 Å². The number of nitrogens with zero attached hydrogens (tertiary/aromatic N) is 1. The largest absolute Gasteiger partial charge is 0.493 e. The summed E-state index contributed by atoms with van der Waals surface area (Å²) in [6, 6.07) is 13.3. The Morgan fingerprint density at radius 1 is 1.18 bits per heavy atom. The third kappa shape index (κ3) is 4.54. The standard InChI is InChI=1S/C21H26N2O4S/c1-3-27-20-9-5-4-8-19(20)21(24)22-17-10-12-18(13-11-17)28(25,26)23-14-6-7-16(2)15-23/h4-5,8-13,16H,3,6-7,14-15H2,1-2H3,(H,22,24). The molecule has 1 atom stereocenters. The van der Waals surface area contributed by atoms with E-state index in [1.807, 2.05) is 13.0 Å². The van der Waals surface area contributed by atoms with Gasteiger partial charge in [-0.2, -0.15) is 4.31 Å². The van der Waals surface area contributed by atoms with Crippen LogP contribution in [0.3, 0.4) is 0 Å². The Kier molecular flexibility index (Phi) is 6.36. The van der Waals surface area contributed by atoms with Crippen LogP contribution in [0.5, 0.6) is 5.75 Å². The van der Waals surface area contributed by atoms with Crippen molar-refractivity contribution in [2.24, 2.45) is 5.92 Å². The van der Waals surface area contributed by atoms with Crippen LogP contribution in [-0.2, 0) is 10.0 Å². The van der Waals surface area contributed by atoms with E-state index in [-0.39, 0.29) is 10.8 Å². The number of carbonyl (C=O) groups excluding carboxylic acids is 1. The zero-order chi connectivity index (χ0) is 20.1. The summed E-state index contributed by atoms with van der Waals surface area (Å²) in [5.74, 6) is 0.581. The summed E-state index contributed by atoms with van der Waals surface area (Å²) in [5, 5.41) is 2.79. The lowest BCUT2D eigenvalue weighted by atomic mass is 10.0. The van der Waals surface area contributed by atoms with E-state index in [0.717, 1.165) is 12.8 Å². The first-order chi connectivity index (χ1) is 13.4. The quantitative estimate of drug-likeness (QED) is 0.798. The molecule has 1 aliphatic heterocycles. The number of ether oxygens (including phenoxy) is 1. The van der Waals surface area contributed by atoms with Gasteiger partial charge in [0.2, 0.25) is 10.0 Å². The molecule has 0 aromatic heterocycles. The minimum atomic E-state index is -3.51. The summed E-state index contributed by atoms with van der Waals surface area (Å²) in [7, 11) is -3.51. The number of hydrogen-bond acceptors (Lipinski definition) is 4. The fourth-order valence-corrected chi connectivity index (χ4v) is 4.96. The Bertz CT molecular complexity index is 926. The number of piperidine rings is 1. The van der Waals surface area contributed by atoms with Crippen molar-refractivity contribution in [3.05, 3.63) is 54.1 Å². The average molecular weight is 403 g/mol. The van der Waals surface area contributed by atoms with Crippen molar-refractivity contribution in [3.8, 4) is 5.75 Å². The molecule has 1 saturated heterocycles. The third-order valence-electron chi connectivity index (χ3n) is 4.80. The highest BCUT2D eigenvalue weighted by molar-refractivity contribution is 7.89. The molecule has 1 N–H and O–H groups in total. The number of rotatable bonds is 6. The van der Waals surface area contributed by atoms with Crippen LogP contribution in [0.2, 0.25) is 0 Å². The Morgan fingerprint density at radius 2 is 1.89 bits per heavy atom. The lowest BCUT2D eigenvalue weighted by Crippen LogP contribution is -2.39. The first-order valence-corrected chi connectivity index (χ1v) is 11.0. The van der Waals surface area contributed by atoms with Gasteiger partial charge in [0.25, 0.3) is 5.91 Å². The molecule has 0 bridgehead atoms. The fourth-order valence-electron chi connectivity index (χ4n) is 3.36. The molecule has 0 aliphatic carbocycles. The van der Waals surface area contributed by atoms with Gasteiger partial charge in [0, 0.05) is 18.8 Å². The van der Waals surface area contributed by atoms with Crippen LogP contribution in [0.25, 0.3) is 0 Å². The SMILES string of the molecule is CCOc1ccccc1C(=O)Nc1ccc(S(=O)(=O)N2CCCC(C)C2)cc1. The van der Waals surface area contributed by atoms with Crippen molar-refractivity contribution in [2.45, 2.75) is 31.6 Å². The summed E-state index contributed by atoms with van der Waals surface area (Å²) in [6.07, 6.45) is 1.94. The van der Waals surface area contributed by atoms with Crippen molar-refractivity contribution < 1.29 is 17.9 Å². The molecular weight excluding hydrogens is 376 g/mol. The van der Waals surface area contributed by atoms with Crippen LogP contribution in [-0.4, -0.2) is 38.3 Å². The highest BCUT2D eigenvalue weighted by atomic mass is 32.2. The van der Waals surface area contributed by atoms with Crippen molar-refractivity contribution in [1.29, 1.82) is 0 Å². The van der Waals surface area contributed by atoms with Gasteiger partial charge in [-0.25, -0.2) is 8.42 Å². The minimum Gasteiger partial charge on any atom is -0.493 e. The number of sulfonamides is 1. The second-order valence-corrected chi connectivity index (χ2v) is 8.96. The highest BCUT2D eigenvalue weighted by Crippen LogP contribution is 2.25. The second-order valence-electron chi connectivity index (χ2n) is 7.02. The molecule has 1 aliphatic rings. The van der Waals surface area contributed by atoms with E-state index in [1.54, 1.807) is 46.8 Å². The molecule has 1 heterocycles. The van der Waals surface area contributed by atoms with E-state index >= 15 is 0 Å². The first-order valence-electron chi connectivity index (χ1n) is 9.55. The Morgan fingerprint density at radius 3 is 2.57 bits per heavy atom. The highest BCUT2D eigenvalue weighted by Gasteiger charge is 2.28. The number of nitrogens with one attached hydrogen (secondary N) is 1. The lowest BCUT2D eigenvalue weighted by molar-refractivity contribution is 0.102. The van der Waals surface area contributed by atoms with Gasteiger partial charge in [0.15, 0.2) is 0 Å². The molecule has 2 aromatic carbocycles. The van der Waals surface area contributed by atoms with Crippen LogP contribution < -0.4 is 10.1 Å². The van der Waals surface area contributed by atoms with Gasteiger partial charge in [0.1, 0.15) is 5.75 Å². The van der Waals surface area contributed by atoms with E-state index in [1.165, 1.54) is 0 Å². The van der Waals surface area contributed by atoms with Gasteiger partial charge in [-0.1, -0.05) is 19.1 Å². The van der Waals surface area contributed by atoms with Crippen LogP contribution in [0.1, 0.15) is 37.0 Å². The van der Waals surface area contributed by atoms with Gasteiger partial charge in [-0.15, -0.1) is 0 Å². The summed E-state index contributed by atoms with van der Waals surface area (Å²) in [5.41, 5.74) is 0.964. The zero-order valence-electron chi connectivity index (χ0n) is 16.2. The zero-order valence-corrected chi connectivity index (χ0v) is 17.0. The van der Waals surface area contributed by atoms with Crippen molar-refractivity contribution >= 4 is 21.6 Å². The van der Waals surface area contributed by atoms with E-state index in [4.69, 9.17) is 4.74 Å². The van der Waals surface area contributed by atoms with E-state index in [0.29, 0.717) is 42.6 Å². The molecule has 28 heavy (non-hydrogen) atoms. The second kappa shape index (κ2) is 8.75. The lowest BCUT2D eigenvalue weighted by Gasteiger charge is -2.30. The Labute approximate surface area is 166 Å². The van der Waals surface area contributed by atoms with Gasteiger partial charge in [0.05, 0.1) is 17.1 Å². The summed E-state index contributed by atoms with van der Waals surface area (Å²) < 4.78 is 32.7. The number of amides is 1. The number of anilines is 1. The van der Waals surface area contributed by atoms with Crippen molar-refractivity contribution in [2.75, 3.05) is 25.0 Å². The number of hydrogen-bond donors (Lipinski definition) is 1. The Hall–Kier alpha value is -2.38. The fraction of sp³-hybridized carbons (Fsp3) is 0.381. The normalized spacial score (nSPS) is 17.9. The maximum atomic E-state index is 12.8. The van der Waals surface area contributed by atoms with E-state index < -0.39 is 10.0 Å². The van der Waals surface area contributed by atoms with E-state index in [2.05, 4.69) is 12.2 Å². The number of carbonyl (C=O) groups is 1. The molecular formula is C21H26N2O4S. The third-order valence-corrected chi connectivity index (χ3v) is 6.68. The molecule has 3 rings (SSSR count). The monoisotopic (exact) mass is 402 g/mol. The van der Waals surface area contributed by atoms with Crippen LogP contribution in [0, 0.1) is 5.92 Å². The molecule has 2 aromatic rings.